The minimum absolute atomic E-state index is 0.592. The quantitative estimate of drug-likeness (QED) is 0.718. The molecule has 0 aliphatic carbocycles. The van der Waals surface area contributed by atoms with Crippen LogP contribution in [0.5, 0.6) is 5.75 Å². The van der Waals surface area contributed by atoms with Gasteiger partial charge in [0.05, 0.1) is 11.6 Å². The van der Waals surface area contributed by atoms with Gasteiger partial charge in [-0.05, 0) is 44.4 Å². The van der Waals surface area contributed by atoms with Gasteiger partial charge in [0, 0.05) is 11.1 Å². The summed E-state index contributed by atoms with van der Waals surface area (Å²) in [5.74, 6) is 0.663. The maximum atomic E-state index is 6.22. The van der Waals surface area contributed by atoms with E-state index >= 15 is 0 Å². The molecule has 18 heavy (non-hydrogen) atoms. The van der Waals surface area contributed by atoms with Crippen LogP contribution in [0.25, 0.3) is 0 Å². The van der Waals surface area contributed by atoms with Gasteiger partial charge in [0.15, 0.2) is 0 Å². The van der Waals surface area contributed by atoms with Gasteiger partial charge in [-0.2, -0.15) is 0 Å². The number of hydrogen-bond acceptors (Lipinski definition) is 2. The van der Waals surface area contributed by atoms with Crippen LogP contribution in [0.15, 0.2) is 12.1 Å². The minimum atomic E-state index is 0.592. The maximum absolute atomic E-state index is 6.22. The van der Waals surface area contributed by atoms with Crippen molar-refractivity contribution in [3.63, 3.8) is 0 Å². The molecule has 0 saturated heterocycles. The third kappa shape index (κ3) is 5.05. The zero-order valence-electron chi connectivity index (χ0n) is 10.8. The predicted octanol–water partition coefficient (Wildman–Crippen LogP) is 4.45. The van der Waals surface area contributed by atoms with Crippen molar-refractivity contribution in [2.24, 2.45) is 5.73 Å². The zero-order chi connectivity index (χ0) is 13.4. The molecule has 1 aromatic carbocycles. The minimum Gasteiger partial charge on any atom is -0.492 e. The standard InChI is InChI=1S/C14H21Cl2NO/c1-2-18-14-10-12(15)11(9-13(14)16)7-5-3-4-6-8-17/h9-10H,2-8,17H2,1H3. The molecule has 102 valence electrons. The van der Waals surface area contributed by atoms with Crippen molar-refractivity contribution in [1.29, 1.82) is 0 Å². The van der Waals surface area contributed by atoms with E-state index < -0.39 is 0 Å². The third-order valence-corrected chi connectivity index (χ3v) is 3.45. The number of ether oxygens (including phenoxy) is 1. The highest BCUT2D eigenvalue weighted by molar-refractivity contribution is 6.34. The van der Waals surface area contributed by atoms with Crippen LogP contribution in [0, 0.1) is 0 Å². The summed E-state index contributed by atoms with van der Waals surface area (Å²) in [7, 11) is 0. The first kappa shape index (κ1) is 15.6. The second kappa shape index (κ2) is 8.63. The fraction of sp³-hybridized carbons (Fsp3) is 0.571. The number of nitrogens with two attached hydrogens (primary N) is 1. The van der Waals surface area contributed by atoms with Gasteiger partial charge in [-0.3, -0.25) is 0 Å². The molecule has 2 N–H and O–H groups in total. The summed E-state index contributed by atoms with van der Waals surface area (Å²) in [4.78, 5) is 0. The Morgan fingerprint density at radius 2 is 1.78 bits per heavy atom. The topological polar surface area (TPSA) is 35.2 Å². The molecule has 1 rings (SSSR count). The molecule has 0 atom stereocenters. The lowest BCUT2D eigenvalue weighted by atomic mass is 10.1. The fourth-order valence-corrected chi connectivity index (χ4v) is 2.33. The van der Waals surface area contributed by atoms with Gasteiger partial charge in [-0.25, -0.2) is 0 Å². The van der Waals surface area contributed by atoms with E-state index in [1.54, 1.807) is 0 Å². The molecule has 0 unspecified atom stereocenters. The SMILES string of the molecule is CCOc1cc(Cl)c(CCCCCCN)cc1Cl. The number of unbranched alkanes of at least 4 members (excludes halogenated alkanes) is 3. The monoisotopic (exact) mass is 289 g/mol. The van der Waals surface area contributed by atoms with Crippen molar-refractivity contribution in [2.45, 2.75) is 39.0 Å². The Kier molecular flexibility index (Phi) is 7.48. The molecule has 0 saturated carbocycles. The number of hydrogen-bond donors (Lipinski definition) is 1. The summed E-state index contributed by atoms with van der Waals surface area (Å²) in [5.41, 5.74) is 6.55. The van der Waals surface area contributed by atoms with Crippen LogP contribution >= 0.6 is 23.2 Å². The van der Waals surface area contributed by atoms with E-state index in [1.165, 1.54) is 12.8 Å². The molecule has 0 amide bonds. The largest absolute Gasteiger partial charge is 0.492 e. The molecule has 0 aliphatic rings. The fourth-order valence-electron chi connectivity index (χ4n) is 1.84. The summed E-state index contributed by atoms with van der Waals surface area (Å²) in [5, 5.41) is 1.37. The van der Waals surface area contributed by atoms with Crippen molar-refractivity contribution in [3.8, 4) is 5.75 Å². The molecule has 0 spiro atoms. The van der Waals surface area contributed by atoms with Crippen molar-refractivity contribution >= 4 is 23.2 Å². The Labute approximate surface area is 119 Å². The van der Waals surface area contributed by atoms with Crippen LogP contribution in [0.4, 0.5) is 0 Å². The molecule has 0 radical (unpaired) electrons. The Morgan fingerprint density at radius 3 is 2.44 bits per heavy atom. The molecule has 0 fully saturated rings. The zero-order valence-corrected chi connectivity index (χ0v) is 12.4. The lowest BCUT2D eigenvalue weighted by molar-refractivity contribution is 0.340. The molecule has 4 heteroatoms. The van der Waals surface area contributed by atoms with E-state index in [2.05, 4.69) is 0 Å². The van der Waals surface area contributed by atoms with Crippen molar-refractivity contribution in [2.75, 3.05) is 13.2 Å². The van der Waals surface area contributed by atoms with E-state index in [9.17, 15) is 0 Å². The number of halogens is 2. The third-order valence-electron chi connectivity index (χ3n) is 2.80. The van der Waals surface area contributed by atoms with E-state index in [0.29, 0.717) is 17.4 Å². The van der Waals surface area contributed by atoms with Crippen LogP contribution in [0.3, 0.4) is 0 Å². The first-order valence-corrected chi connectivity index (χ1v) is 7.25. The average molecular weight is 290 g/mol. The number of aryl methyl sites for hydroxylation is 1. The molecule has 2 nitrogen and oxygen atoms in total. The predicted molar refractivity (Wildman–Crippen MR) is 78.9 cm³/mol. The molecule has 0 bridgehead atoms. The van der Waals surface area contributed by atoms with Crippen molar-refractivity contribution < 1.29 is 4.74 Å². The van der Waals surface area contributed by atoms with E-state index in [-0.39, 0.29) is 0 Å². The highest BCUT2D eigenvalue weighted by Gasteiger charge is 2.08. The van der Waals surface area contributed by atoms with Crippen LogP contribution in [0.1, 0.15) is 38.2 Å². The van der Waals surface area contributed by atoms with Gasteiger partial charge in [0.2, 0.25) is 0 Å². The summed E-state index contributed by atoms with van der Waals surface area (Å²) >= 11 is 12.4. The second-order valence-corrected chi connectivity index (χ2v) is 5.07. The molecule has 0 aliphatic heterocycles. The Hall–Kier alpha value is -0.440. The summed E-state index contributed by atoms with van der Waals surface area (Å²) in [6.45, 7) is 3.29. The molecule has 0 aromatic heterocycles. The summed E-state index contributed by atoms with van der Waals surface area (Å²) in [6, 6.07) is 3.72. The average Bonchev–Trinajstić information content (AvgIpc) is 2.35. The maximum Gasteiger partial charge on any atom is 0.139 e. The van der Waals surface area contributed by atoms with Gasteiger partial charge < -0.3 is 10.5 Å². The van der Waals surface area contributed by atoms with Crippen LogP contribution in [-0.4, -0.2) is 13.2 Å². The Bertz CT molecular complexity index is 369. The Morgan fingerprint density at radius 1 is 1.06 bits per heavy atom. The molecular formula is C14H21Cl2NO. The molecule has 0 heterocycles. The van der Waals surface area contributed by atoms with Crippen molar-refractivity contribution in [1.82, 2.24) is 0 Å². The van der Waals surface area contributed by atoms with Gasteiger partial charge in [-0.15, -0.1) is 0 Å². The van der Waals surface area contributed by atoms with Gasteiger partial charge in [-0.1, -0.05) is 36.0 Å². The lowest BCUT2D eigenvalue weighted by Crippen LogP contribution is -1.98. The Balaban J connectivity index is 2.53. The number of rotatable bonds is 8. The van der Waals surface area contributed by atoms with Gasteiger partial charge in [0.1, 0.15) is 5.75 Å². The first-order chi connectivity index (χ1) is 8.69. The summed E-state index contributed by atoms with van der Waals surface area (Å²) < 4.78 is 5.40. The second-order valence-electron chi connectivity index (χ2n) is 4.26. The highest BCUT2D eigenvalue weighted by Crippen LogP contribution is 2.32. The lowest BCUT2D eigenvalue weighted by Gasteiger charge is -2.10. The summed E-state index contributed by atoms with van der Waals surface area (Å²) in [6.07, 6.45) is 5.52. The van der Waals surface area contributed by atoms with E-state index in [0.717, 1.165) is 36.4 Å². The van der Waals surface area contributed by atoms with Crippen LogP contribution in [0.2, 0.25) is 10.0 Å². The molecular weight excluding hydrogens is 269 g/mol. The number of benzene rings is 1. The van der Waals surface area contributed by atoms with E-state index in [1.807, 2.05) is 19.1 Å². The normalized spacial score (nSPS) is 10.7. The van der Waals surface area contributed by atoms with Crippen molar-refractivity contribution in [3.05, 3.63) is 27.7 Å². The van der Waals surface area contributed by atoms with Gasteiger partial charge >= 0.3 is 0 Å². The van der Waals surface area contributed by atoms with Crippen LogP contribution in [-0.2, 0) is 6.42 Å². The first-order valence-electron chi connectivity index (χ1n) is 6.49. The van der Waals surface area contributed by atoms with Crippen LogP contribution < -0.4 is 10.5 Å². The van der Waals surface area contributed by atoms with E-state index in [4.69, 9.17) is 33.7 Å². The highest BCUT2D eigenvalue weighted by atomic mass is 35.5. The smallest absolute Gasteiger partial charge is 0.139 e. The van der Waals surface area contributed by atoms with Gasteiger partial charge in [0.25, 0.3) is 0 Å². The molecule has 1 aromatic rings.